The highest BCUT2D eigenvalue weighted by Gasteiger charge is 2.13. The van der Waals surface area contributed by atoms with Crippen molar-refractivity contribution in [2.24, 2.45) is 0 Å². The Balaban J connectivity index is 2.82. The Morgan fingerprint density at radius 1 is 1.56 bits per heavy atom. The van der Waals surface area contributed by atoms with Gasteiger partial charge in [-0.15, -0.1) is 0 Å². The van der Waals surface area contributed by atoms with E-state index in [1.165, 1.54) is 6.07 Å². The Labute approximate surface area is 105 Å². The first-order chi connectivity index (χ1) is 8.55. The minimum absolute atomic E-state index is 0.0176. The first kappa shape index (κ1) is 14.2. The fraction of sp³-hybridized carbons (Fsp3) is 0.583. The van der Waals surface area contributed by atoms with E-state index in [1.54, 1.807) is 0 Å². The zero-order valence-electron chi connectivity index (χ0n) is 10.7. The molecule has 1 aromatic rings. The number of anilines is 1. The molecule has 18 heavy (non-hydrogen) atoms. The van der Waals surface area contributed by atoms with Gasteiger partial charge in [0, 0.05) is 18.5 Å². The zero-order valence-corrected chi connectivity index (χ0v) is 10.7. The van der Waals surface area contributed by atoms with Crippen LogP contribution in [0.25, 0.3) is 0 Å². The Morgan fingerprint density at radius 2 is 2.28 bits per heavy atom. The lowest BCUT2D eigenvalue weighted by Gasteiger charge is -2.16. The summed E-state index contributed by atoms with van der Waals surface area (Å²) in [5, 5.41) is 11.8. The summed E-state index contributed by atoms with van der Waals surface area (Å²) in [4.78, 5) is 29.0. The van der Waals surface area contributed by atoms with E-state index >= 15 is 0 Å². The van der Waals surface area contributed by atoms with E-state index in [2.05, 4.69) is 15.3 Å². The molecule has 1 atom stereocenters. The number of H-pyrrole nitrogens is 1. The second kappa shape index (κ2) is 6.78. The summed E-state index contributed by atoms with van der Waals surface area (Å²) in [6.07, 6.45) is 2.24. The SMILES string of the molecule is CCCC(CC(=O)O)Nc1cc(=O)[nH]c(CC)n1. The van der Waals surface area contributed by atoms with Gasteiger partial charge in [-0.1, -0.05) is 20.3 Å². The number of carbonyl (C=O) groups is 1. The lowest BCUT2D eigenvalue weighted by Crippen LogP contribution is -2.25. The summed E-state index contributed by atoms with van der Waals surface area (Å²) in [5.41, 5.74) is -0.227. The van der Waals surface area contributed by atoms with Crippen molar-refractivity contribution in [2.75, 3.05) is 5.32 Å². The van der Waals surface area contributed by atoms with Crippen LogP contribution in [0.3, 0.4) is 0 Å². The maximum Gasteiger partial charge on any atom is 0.305 e. The molecule has 0 radical (unpaired) electrons. The number of hydrogen-bond donors (Lipinski definition) is 3. The second-order valence-corrected chi connectivity index (χ2v) is 4.16. The van der Waals surface area contributed by atoms with Gasteiger partial charge in [0.2, 0.25) is 0 Å². The number of rotatable bonds is 7. The Morgan fingerprint density at radius 3 is 2.83 bits per heavy atom. The van der Waals surface area contributed by atoms with Gasteiger partial charge < -0.3 is 15.4 Å². The van der Waals surface area contributed by atoms with Crippen molar-refractivity contribution in [1.82, 2.24) is 9.97 Å². The third-order valence-corrected chi connectivity index (χ3v) is 2.54. The van der Waals surface area contributed by atoms with Crippen molar-refractivity contribution in [3.05, 3.63) is 22.2 Å². The third-order valence-electron chi connectivity index (χ3n) is 2.54. The molecule has 1 heterocycles. The van der Waals surface area contributed by atoms with Gasteiger partial charge in [0.05, 0.1) is 6.42 Å². The van der Waals surface area contributed by atoms with Gasteiger partial charge in [0.1, 0.15) is 11.6 Å². The second-order valence-electron chi connectivity index (χ2n) is 4.16. The number of carboxylic acid groups (broad SMARTS) is 1. The molecule has 100 valence electrons. The van der Waals surface area contributed by atoms with Crippen molar-refractivity contribution < 1.29 is 9.90 Å². The molecule has 0 spiro atoms. The summed E-state index contributed by atoms with van der Waals surface area (Å²) < 4.78 is 0. The van der Waals surface area contributed by atoms with Crippen molar-refractivity contribution >= 4 is 11.8 Å². The normalized spacial score (nSPS) is 12.1. The average molecular weight is 253 g/mol. The van der Waals surface area contributed by atoms with Crippen LogP contribution in [-0.2, 0) is 11.2 Å². The molecule has 0 bridgehead atoms. The Kier molecular flexibility index (Phi) is 5.35. The van der Waals surface area contributed by atoms with Crippen LogP contribution < -0.4 is 10.9 Å². The summed E-state index contributed by atoms with van der Waals surface area (Å²) in [5.74, 6) is 0.173. The number of aliphatic carboxylic acids is 1. The van der Waals surface area contributed by atoms with Crippen LogP contribution in [0, 0.1) is 0 Å². The molecule has 0 aliphatic carbocycles. The van der Waals surface area contributed by atoms with Crippen LogP contribution >= 0.6 is 0 Å². The molecular weight excluding hydrogens is 234 g/mol. The van der Waals surface area contributed by atoms with E-state index in [9.17, 15) is 9.59 Å². The third kappa shape index (κ3) is 4.57. The molecule has 0 fully saturated rings. The Hall–Kier alpha value is -1.85. The van der Waals surface area contributed by atoms with Gasteiger partial charge in [-0.05, 0) is 6.42 Å². The number of aryl methyl sites for hydroxylation is 1. The minimum Gasteiger partial charge on any atom is -0.481 e. The standard InChI is InChI=1S/C12H19N3O3/c1-3-5-8(6-12(17)18)13-10-7-11(16)15-9(4-2)14-10/h7-8H,3-6H2,1-2H3,(H,17,18)(H2,13,14,15,16). The van der Waals surface area contributed by atoms with E-state index < -0.39 is 5.97 Å². The van der Waals surface area contributed by atoms with Gasteiger partial charge in [-0.25, -0.2) is 4.98 Å². The number of carboxylic acids is 1. The molecule has 0 saturated carbocycles. The highest BCUT2D eigenvalue weighted by molar-refractivity contribution is 5.68. The summed E-state index contributed by atoms with van der Waals surface area (Å²) in [6.45, 7) is 3.88. The van der Waals surface area contributed by atoms with E-state index in [0.717, 1.165) is 12.8 Å². The predicted octanol–water partition coefficient (Wildman–Crippen LogP) is 1.39. The van der Waals surface area contributed by atoms with Crippen molar-refractivity contribution in [3.63, 3.8) is 0 Å². The smallest absolute Gasteiger partial charge is 0.305 e. The van der Waals surface area contributed by atoms with Crippen LogP contribution in [0.1, 0.15) is 38.9 Å². The van der Waals surface area contributed by atoms with Crippen LogP contribution in [-0.4, -0.2) is 27.1 Å². The number of aromatic nitrogens is 2. The molecule has 6 heteroatoms. The van der Waals surface area contributed by atoms with Crippen LogP contribution in [0.4, 0.5) is 5.82 Å². The molecular formula is C12H19N3O3. The van der Waals surface area contributed by atoms with Gasteiger partial charge >= 0.3 is 5.97 Å². The summed E-state index contributed by atoms with van der Waals surface area (Å²) >= 11 is 0. The fourth-order valence-electron chi connectivity index (χ4n) is 1.74. The number of hydrogen-bond acceptors (Lipinski definition) is 4. The lowest BCUT2D eigenvalue weighted by molar-refractivity contribution is -0.137. The minimum atomic E-state index is -0.860. The number of aromatic amines is 1. The zero-order chi connectivity index (χ0) is 13.5. The highest BCUT2D eigenvalue weighted by Crippen LogP contribution is 2.09. The van der Waals surface area contributed by atoms with Gasteiger partial charge in [0.15, 0.2) is 0 Å². The molecule has 0 amide bonds. The molecule has 0 aliphatic rings. The van der Waals surface area contributed by atoms with E-state index in [-0.39, 0.29) is 18.0 Å². The first-order valence-corrected chi connectivity index (χ1v) is 6.13. The quantitative estimate of drug-likeness (QED) is 0.682. The molecule has 6 nitrogen and oxygen atoms in total. The monoisotopic (exact) mass is 253 g/mol. The highest BCUT2D eigenvalue weighted by atomic mass is 16.4. The molecule has 0 saturated heterocycles. The summed E-state index contributed by atoms with van der Waals surface area (Å²) in [6, 6.07) is 1.15. The molecule has 0 aliphatic heterocycles. The van der Waals surface area contributed by atoms with Gasteiger partial charge in [0.25, 0.3) is 5.56 Å². The van der Waals surface area contributed by atoms with Gasteiger partial charge in [-0.2, -0.15) is 0 Å². The van der Waals surface area contributed by atoms with Crippen LogP contribution in [0.2, 0.25) is 0 Å². The van der Waals surface area contributed by atoms with E-state index in [4.69, 9.17) is 5.11 Å². The van der Waals surface area contributed by atoms with Crippen molar-refractivity contribution in [1.29, 1.82) is 0 Å². The Bertz CT molecular complexity index is 456. The summed E-state index contributed by atoms with van der Waals surface area (Å²) in [7, 11) is 0. The molecule has 1 rings (SSSR count). The van der Waals surface area contributed by atoms with E-state index in [1.807, 2.05) is 13.8 Å². The number of nitrogens with zero attached hydrogens (tertiary/aromatic N) is 1. The molecule has 1 aromatic heterocycles. The maximum atomic E-state index is 11.4. The van der Waals surface area contributed by atoms with Crippen molar-refractivity contribution in [3.8, 4) is 0 Å². The molecule has 0 aromatic carbocycles. The first-order valence-electron chi connectivity index (χ1n) is 6.13. The van der Waals surface area contributed by atoms with Crippen LogP contribution in [0.5, 0.6) is 0 Å². The number of nitrogens with one attached hydrogen (secondary N) is 2. The maximum absolute atomic E-state index is 11.4. The lowest BCUT2D eigenvalue weighted by atomic mass is 10.1. The topological polar surface area (TPSA) is 95.1 Å². The average Bonchev–Trinajstić information content (AvgIpc) is 2.27. The molecule has 3 N–H and O–H groups in total. The predicted molar refractivity (Wildman–Crippen MR) is 68.8 cm³/mol. The van der Waals surface area contributed by atoms with Crippen molar-refractivity contribution in [2.45, 2.75) is 45.6 Å². The largest absolute Gasteiger partial charge is 0.481 e. The van der Waals surface area contributed by atoms with E-state index in [0.29, 0.717) is 18.1 Å². The van der Waals surface area contributed by atoms with Crippen LogP contribution in [0.15, 0.2) is 10.9 Å². The fourth-order valence-corrected chi connectivity index (χ4v) is 1.74. The van der Waals surface area contributed by atoms with Gasteiger partial charge in [-0.3, -0.25) is 9.59 Å². The molecule has 1 unspecified atom stereocenters.